The van der Waals surface area contributed by atoms with Gasteiger partial charge in [0.25, 0.3) is 0 Å². The molecule has 2 aromatic rings. The van der Waals surface area contributed by atoms with Crippen LogP contribution in [-0.2, 0) is 11.0 Å². The number of hydrogen-bond donors (Lipinski definition) is 1. The van der Waals surface area contributed by atoms with Crippen LogP contribution in [-0.4, -0.2) is 33.8 Å². The summed E-state index contributed by atoms with van der Waals surface area (Å²) in [5.74, 6) is -0.542. The van der Waals surface area contributed by atoms with Gasteiger partial charge in [-0.05, 0) is 43.5 Å². The zero-order chi connectivity index (χ0) is 20.3. The number of alkyl halides is 3. The van der Waals surface area contributed by atoms with Gasteiger partial charge in [0, 0.05) is 29.3 Å². The Morgan fingerprint density at radius 2 is 2.04 bits per heavy atom. The predicted octanol–water partition coefficient (Wildman–Crippen LogP) is 4.93. The minimum Gasteiger partial charge on any atom is -0.476 e. The maximum absolute atomic E-state index is 12.8. The van der Waals surface area contributed by atoms with Gasteiger partial charge in [0.1, 0.15) is 0 Å². The first-order valence-electron chi connectivity index (χ1n) is 8.56. The van der Waals surface area contributed by atoms with Crippen LogP contribution in [0, 0.1) is 0 Å². The van der Waals surface area contributed by atoms with Crippen molar-refractivity contribution in [3.8, 4) is 0 Å². The van der Waals surface area contributed by atoms with Gasteiger partial charge in [0.15, 0.2) is 10.0 Å². The summed E-state index contributed by atoms with van der Waals surface area (Å²) >= 11 is 2.66. The first-order valence-corrected chi connectivity index (χ1v) is 10.4. The lowest BCUT2D eigenvalue weighted by molar-refractivity contribution is -0.137. The molecule has 28 heavy (non-hydrogen) atoms. The molecule has 1 aromatic carbocycles. The largest absolute Gasteiger partial charge is 0.476 e. The number of carbonyl (C=O) groups is 2. The van der Waals surface area contributed by atoms with E-state index in [2.05, 4.69) is 4.98 Å². The third-order valence-corrected chi connectivity index (χ3v) is 6.47. The number of thioether (sulfide) groups is 1. The number of aromatic carboxylic acids is 1. The lowest BCUT2D eigenvalue weighted by atomic mass is 9.98. The molecule has 5 nitrogen and oxygen atoms in total. The first-order chi connectivity index (χ1) is 13.3. The molecule has 0 aliphatic carbocycles. The number of hydrogen-bond acceptors (Lipinski definition) is 5. The van der Waals surface area contributed by atoms with Crippen molar-refractivity contribution in [2.45, 2.75) is 42.2 Å². The van der Waals surface area contributed by atoms with Gasteiger partial charge in [-0.3, -0.25) is 4.79 Å². The number of piperidine rings is 1. The van der Waals surface area contributed by atoms with Crippen LogP contribution >= 0.6 is 23.1 Å². The molecule has 0 spiro atoms. The zero-order valence-electron chi connectivity index (χ0n) is 14.6. The quantitative estimate of drug-likeness (QED) is 0.658. The van der Waals surface area contributed by atoms with Gasteiger partial charge >= 0.3 is 12.1 Å². The molecular formula is C18H17F3N2O3S2. The monoisotopic (exact) mass is 430 g/mol. The molecule has 1 atom stereocenters. The summed E-state index contributed by atoms with van der Waals surface area (Å²) in [5, 5.41) is 10.4. The average Bonchev–Trinajstić information content (AvgIpc) is 3.11. The number of anilines is 1. The van der Waals surface area contributed by atoms with Gasteiger partial charge < -0.3 is 10.0 Å². The normalized spacial score (nSPS) is 17.8. The van der Waals surface area contributed by atoms with Crippen LogP contribution in [0.25, 0.3) is 0 Å². The Hall–Kier alpha value is -2.07. The second kappa shape index (κ2) is 8.52. The molecule has 1 amide bonds. The molecule has 1 N–H and O–H groups in total. The van der Waals surface area contributed by atoms with Crippen LogP contribution in [0.3, 0.4) is 0 Å². The second-order valence-electron chi connectivity index (χ2n) is 6.30. The van der Waals surface area contributed by atoms with Crippen LogP contribution in [0.1, 0.15) is 41.7 Å². The van der Waals surface area contributed by atoms with Crippen molar-refractivity contribution in [3.63, 3.8) is 0 Å². The van der Waals surface area contributed by atoms with Gasteiger partial charge in [-0.15, -0.1) is 11.3 Å². The Morgan fingerprint density at radius 1 is 1.32 bits per heavy atom. The van der Waals surface area contributed by atoms with E-state index in [1.165, 1.54) is 40.6 Å². The van der Waals surface area contributed by atoms with Crippen molar-refractivity contribution in [2.24, 2.45) is 0 Å². The number of carbonyl (C=O) groups excluding carboxylic acids is 1. The summed E-state index contributed by atoms with van der Waals surface area (Å²) in [6.45, 7) is 0. The topological polar surface area (TPSA) is 70.5 Å². The smallest absolute Gasteiger partial charge is 0.416 e. The molecule has 1 aliphatic rings. The summed E-state index contributed by atoms with van der Waals surface area (Å²) in [7, 11) is 0. The fraction of sp³-hybridized carbons (Fsp3) is 0.389. The van der Waals surface area contributed by atoms with Crippen molar-refractivity contribution in [2.75, 3.05) is 10.7 Å². The Balaban J connectivity index is 1.66. The Kier molecular flexibility index (Phi) is 6.29. The highest BCUT2D eigenvalue weighted by Crippen LogP contribution is 2.34. The molecule has 0 radical (unpaired) electrons. The minimum atomic E-state index is -4.41. The molecule has 0 saturated carbocycles. The van der Waals surface area contributed by atoms with E-state index in [-0.39, 0.29) is 17.6 Å². The number of thiazole rings is 1. The Bertz CT molecular complexity index is 853. The Morgan fingerprint density at radius 3 is 2.64 bits per heavy atom. The van der Waals surface area contributed by atoms with E-state index < -0.39 is 17.7 Å². The summed E-state index contributed by atoms with van der Waals surface area (Å²) in [4.78, 5) is 28.9. The molecule has 0 bridgehead atoms. The van der Waals surface area contributed by atoms with Crippen molar-refractivity contribution in [1.82, 2.24) is 4.98 Å². The molecular weight excluding hydrogens is 413 g/mol. The third-order valence-electron chi connectivity index (χ3n) is 4.41. The molecule has 3 rings (SSSR count). The number of carboxylic acid groups (broad SMARTS) is 1. The van der Waals surface area contributed by atoms with Crippen LogP contribution in [0.4, 0.5) is 18.9 Å². The van der Waals surface area contributed by atoms with E-state index in [1.807, 2.05) is 0 Å². The standard InChI is InChI=1S/C18H17F3N2O3S2/c19-18(20,21)11-4-6-13(7-5-11)23-12(2-1-3-15(23)24)8-9-27-17-22-14(10-28-17)16(25)26/h4-7,10,12H,1-3,8-9H2,(H,25,26). The van der Waals surface area contributed by atoms with Crippen molar-refractivity contribution in [3.05, 3.63) is 40.9 Å². The van der Waals surface area contributed by atoms with Crippen LogP contribution in [0.15, 0.2) is 34.0 Å². The number of halogens is 3. The molecule has 1 saturated heterocycles. The van der Waals surface area contributed by atoms with Gasteiger partial charge in [-0.25, -0.2) is 9.78 Å². The van der Waals surface area contributed by atoms with Crippen LogP contribution < -0.4 is 4.90 Å². The molecule has 150 valence electrons. The summed E-state index contributed by atoms with van der Waals surface area (Å²) in [6.07, 6.45) is -1.89. The van der Waals surface area contributed by atoms with E-state index in [9.17, 15) is 22.8 Å². The zero-order valence-corrected chi connectivity index (χ0v) is 16.2. The van der Waals surface area contributed by atoms with E-state index in [1.54, 1.807) is 4.90 Å². The first kappa shape index (κ1) is 20.7. The van der Waals surface area contributed by atoms with Crippen molar-refractivity contribution >= 4 is 40.7 Å². The summed E-state index contributed by atoms with van der Waals surface area (Å²) in [5.41, 5.74) is -0.271. The fourth-order valence-electron chi connectivity index (χ4n) is 3.09. The lowest BCUT2D eigenvalue weighted by Gasteiger charge is -2.36. The molecule has 1 fully saturated rings. The van der Waals surface area contributed by atoms with Crippen molar-refractivity contribution in [1.29, 1.82) is 0 Å². The minimum absolute atomic E-state index is 0.00623. The lowest BCUT2D eigenvalue weighted by Crippen LogP contribution is -2.44. The number of amides is 1. The van der Waals surface area contributed by atoms with E-state index in [0.717, 1.165) is 25.0 Å². The molecule has 2 heterocycles. The van der Waals surface area contributed by atoms with Gasteiger partial charge in [-0.2, -0.15) is 13.2 Å². The maximum Gasteiger partial charge on any atom is 0.416 e. The SMILES string of the molecule is O=C(O)c1csc(SCCC2CCCC(=O)N2c2ccc(C(F)(F)F)cc2)n1. The second-order valence-corrected chi connectivity index (χ2v) is 8.50. The molecule has 1 aliphatic heterocycles. The highest BCUT2D eigenvalue weighted by atomic mass is 32.2. The number of carboxylic acids is 1. The Labute approximate surface area is 167 Å². The third kappa shape index (κ3) is 4.85. The highest BCUT2D eigenvalue weighted by Gasteiger charge is 2.32. The van der Waals surface area contributed by atoms with Gasteiger partial charge in [0.2, 0.25) is 5.91 Å². The fourth-order valence-corrected chi connectivity index (χ4v) is 5.00. The van der Waals surface area contributed by atoms with E-state index >= 15 is 0 Å². The number of aromatic nitrogens is 1. The van der Waals surface area contributed by atoms with Crippen LogP contribution in [0.2, 0.25) is 0 Å². The predicted molar refractivity (Wildman–Crippen MR) is 101 cm³/mol. The van der Waals surface area contributed by atoms with Crippen molar-refractivity contribution < 1.29 is 27.9 Å². The van der Waals surface area contributed by atoms with Gasteiger partial charge in [0.05, 0.1) is 5.56 Å². The van der Waals surface area contributed by atoms with Crippen LogP contribution in [0.5, 0.6) is 0 Å². The highest BCUT2D eigenvalue weighted by molar-refractivity contribution is 8.01. The number of nitrogens with zero attached hydrogens (tertiary/aromatic N) is 2. The molecule has 10 heteroatoms. The van der Waals surface area contributed by atoms with Gasteiger partial charge in [-0.1, -0.05) is 11.8 Å². The number of benzene rings is 1. The number of rotatable bonds is 6. The van der Waals surface area contributed by atoms with E-state index in [0.29, 0.717) is 28.6 Å². The molecule has 1 unspecified atom stereocenters. The van der Waals surface area contributed by atoms with E-state index in [4.69, 9.17) is 5.11 Å². The summed E-state index contributed by atoms with van der Waals surface area (Å²) < 4.78 is 38.9. The maximum atomic E-state index is 12.8. The molecule has 1 aromatic heterocycles. The average molecular weight is 430 g/mol. The summed E-state index contributed by atoms with van der Waals surface area (Å²) in [6, 6.07) is 4.56.